The predicted octanol–water partition coefficient (Wildman–Crippen LogP) is 2.37. The van der Waals surface area contributed by atoms with Gasteiger partial charge in [0.1, 0.15) is 5.75 Å². The SMILES string of the molecule is CCN1CCN(C(=O)[C@@H]2CCCN(C(=O)c3cc(-c4ccccc4OC)on3)C2)CC1. The number of piperazine rings is 1. The first kappa shape index (κ1) is 21.4. The molecule has 1 aromatic carbocycles. The number of amides is 2. The summed E-state index contributed by atoms with van der Waals surface area (Å²) in [7, 11) is 1.59. The van der Waals surface area contributed by atoms with Crippen molar-refractivity contribution in [3.8, 4) is 17.1 Å². The van der Waals surface area contributed by atoms with Crippen LogP contribution in [0.15, 0.2) is 34.9 Å². The van der Waals surface area contributed by atoms with Gasteiger partial charge in [0.05, 0.1) is 18.6 Å². The van der Waals surface area contributed by atoms with Gasteiger partial charge in [-0.25, -0.2) is 0 Å². The number of piperidine rings is 1. The van der Waals surface area contributed by atoms with Crippen LogP contribution >= 0.6 is 0 Å². The highest BCUT2D eigenvalue weighted by molar-refractivity contribution is 5.94. The first-order valence-electron chi connectivity index (χ1n) is 11.0. The molecule has 2 saturated heterocycles. The van der Waals surface area contributed by atoms with E-state index in [-0.39, 0.29) is 23.4 Å². The maximum absolute atomic E-state index is 13.1. The Morgan fingerprint density at radius 3 is 2.65 bits per heavy atom. The molecule has 1 atom stereocenters. The molecule has 1 aromatic heterocycles. The first-order valence-corrected chi connectivity index (χ1v) is 11.0. The second-order valence-corrected chi connectivity index (χ2v) is 8.13. The van der Waals surface area contributed by atoms with E-state index in [0.29, 0.717) is 24.6 Å². The number of hydrogen-bond acceptors (Lipinski definition) is 6. The van der Waals surface area contributed by atoms with Crippen molar-refractivity contribution < 1.29 is 18.8 Å². The number of carbonyl (C=O) groups is 2. The summed E-state index contributed by atoms with van der Waals surface area (Å²) in [5, 5.41) is 4.00. The molecule has 0 spiro atoms. The fourth-order valence-corrected chi connectivity index (χ4v) is 4.42. The Morgan fingerprint density at radius 2 is 1.90 bits per heavy atom. The lowest BCUT2D eigenvalue weighted by atomic mass is 9.96. The van der Waals surface area contributed by atoms with Gasteiger partial charge in [-0.1, -0.05) is 24.2 Å². The van der Waals surface area contributed by atoms with E-state index in [9.17, 15) is 9.59 Å². The zero-order valence-corrected chi connectivity index (χ0v) is 18.2. The Hall–Kier alpha value is -2.87. The second kappa shape index (κ2) is 9.51. The zero-order valence-electron chi connectivity index (χ0n) is 18.2. The Morgan fingerprint density at radius 1 is 1.13 bits per heavy atom. The maximum Gasteiger partial charge on any atom is 0.276 e. The van der Waals surface area contributed by atoms with Gasteiger partial charge >= 0.3 is 0 Å². The van der Waals surface area contributed by atoms with Crippen LogP contribution < -0.4 is 4.74 Å². The molecule has 166 valence electrons. The minimum Gasteiger partial charge on any atom is -0.496 e. The molecule has 4 rings (SSSR count). The average Bonchev–Trinajstić information content (AvgIpc) is 3.33. The number of benzene rings is 1. The maximum atomic E-state index is 13.1. The van der Waals surface area contributed by atoms with Gasteiger partial charge in [0.25, 0.3) is 5.91 Å². The molecule has 8 heteroatoms. The van der Waals surface area contributed by atoms with E-state index in [1.54, 1.807) is 18.1 Å². The number of likely N-dealkylation sites (N-methyl/N-ethyl adjacent to an activating group) is 1. The molecule has 0 saturated carbocycles. The number of rotatable bonds is 5. The molecule has 2 fully saturated rings. The largest absolute Gasteiger partial charge is 0.496 e. The zero-order chi connectivity index (χ0) is 21.8. The monoisotopic (exact) mass is 426 g/mol. The van der Waals surface area contributed by atoms with Gasteiger partial charge in [0.15, 0.2) is 11.5 Å². The molecule has 8 nitrogen and oxygen atoms in total. The predicted molar refractivity (Wildman–Crippen MR) is 116 cm³/mol. The molecule has 0 radical (unpaired) electrons. The molecule has 2 amide bonds. The van der Waals surface area contributed by atoms with Crippen LogP contribution in [0.2, 0.25) is 0 Å². The molecular weight excluding hydrogens is 396 g/mol. The van der Waals surface area contributed by atoms with Crippen molar-refractivity contribution in [1.82, 2.24) is 19.9 Å². The normalized spacial score (nSPS) is 20.0. The Bertz CT molecular complexity index is 920. The molecular formula is C23H30N4O4. The summed E-state index contributed by atoms with van der Waals surface area (Å²) >= 11 is 0. The summed E-state index contributed by atoms with van der Waals surface area (Å²) in [6, 6.07) is 9.10. The lowest BCUT2D eigenvalue weighted by Gasteiger charge is -2.38. The third-order valence-corrected chi connectivity index (χ3v) is 6.29. The van der Waals surface area contributed by atoms with Gasteiger partial charge in [0, 0.05) is 45.3 Å². The summed E-state index contributed by atoms with van der Waals surface area (Å²) in [5.41, 5.74) is 1.00. The highest BCUT2D eigenvalue weighted by atomic mass is 16.5. The van der Waals surface area contributed by atoms with E-state index < -0.39 is 0 Å². The van der Waals surface area contributed by atoms with Gasteiger partial charge in [-0.05, 0) is 31.5 Å². The van der Waals surface area contributed by atoms with Crippen molar-refractivity contribution in [2.45, 2.75) is 19.8 Å². The average molecular weight is 427 g/mol. The van der Waals surface area contributed by atoms with E-state index >= 15 is 0 Å². The lowest BCUT2D eigenvalue weighted by molar-refractivity contribution is -0.138. The number of aromatic nitrogens is 1. The third-order valence-electron chi connectivity index (χ3n) is 6.29. The first-order chi connectivity index (χ1) is 15.1. The van der Waals surface area contributed by atoms with Gasteiger partial charge < -0.3 is 24.0 Å². The van der Waals surface area contributed by atoms with Crippen LogP contribution in [0.5, 0.6) is 5.75 Å². The van der Waals surface area contributed by atoms with Crippen LogP contribution in [0.25, 0.3) is 11.3 Å². The van der Waals surface area contributed by atoms with Crippen molar-refractivity contribution in [3.05, 3.63) is 36.0 Å². The molecule has 0 unspecified atom stereocenters. The third kappa shape index (κ3) is 4.58. The van der Waals surface area contributed by atoms with Crippen molar-refractivity contribution in [1.29, 1.82) is 0 Å². The molecule has 0 bridgehead atoms. The van der Waals surface area contributed by atoms with Gasteiger partial charge in [-0.2, -0.15) is 0 Å². The number of likely N-dealkylation sites (tertiary alicyclic amines) is 1. The number of carbonyl (C=O) groups excluding carboxylic acids is 2. The Labute approximate surface area is 182 Å². The van der Waals surface area contributed by atoms with Crippen LogP contribution in [0.3, 0.4) is 0 Å². The lowest BCUT2D eigenvalue weighted by Crippen LogP contribution is -2.53. The van der Waals surface area contributed by atoms with Gasteiger partial charge in [-0.15, -0.1) is 0 Å². The number of hydrogen-bond donors (Lipinski definition) is 0. The highest BCUT2D eigenvalue weighted by Gasteiger charge is 2.33. The van der Waals surface area contributed by atoms with Crippen LogP contribution in [-0.4, -0.2) is 84.6 Å². The van der Waals surface area contributed by atoms with E-state index in [4.69, 9.17) is 9.26 Å². The van der Waals surface area contributed by atoms with Crippen LogP contribution in [0.1, 0.15) is 30.3 Å². The van der Waals surface area contributed by atoms with Crippen molar-refractivity contribution in [2.75, 3.05) is 52.9 Å². The van der Waals surface area contributed by atoms with Crippen molar-refractivity contribution >= 4 is 11.8 Å². The Kier molecular flexibility index (Phi) is 6.56. The van der Waals surface area contributed by atoms with Crippen molar-refractivity contribution in [2.24, 2.45) is 5.92 Å². The molecule has 31 heavy (non-hydrogen) atoms. The smallest absolute Gasteiger partial charge is 0.276 e. The summed E-state index contributed by atoms with van der Waals surface area (Å²) in [6.45, 7) is 7.59. The minimum atomic E-state index is -0.196. The molecule has 0 aliphatic carbocycles. The number of ether oxygens (including phenoxy) is 1. The Balaban J connectivity index is 1.41. The number of para-hydroxylation sites is 1. The van der Waals surface area contributed by atoms with Gasteiger partial charge in [0.2, 0.25) is 5.91 Å². The molecule has 0 N–H and O–H groups in total. The summed E-state index contributed by atoms with van der Waals surface area (Å²) < 4.78 is 10.8. The number of nitrogens with zero attached hydrogens (tertiary/aromatic N) is 4. The molecule has 2 aliphatic rings. The molecule has 2 aromatic rings. The fourth-order valence-electron chi connectivity index (χ4n) is 4.42. The van der Waals surface area contributed by atoms with Crippen molar-refractivity contribution in [3.63, 3.8) is 0 Å². The fraction of sp³-hybridized carbons (Fsp3) is 0.522. The molecule has 3 heterocycles. The summed E-state index contributed by atoms with van der Waals surface area (Å²) in [4.78, 5) is 32.1. The van der Waals surface area contributed by atoms with Crippen LogP contribution in [-0.2, 0) is 4.79 Å². The molecule has 2 aliphatic heterocycles. The summed E-state index contributed by atoms with van der Waals surface area (Å²) in [6.07, 6.45) is 1.64. The van der Waals surface area contributed by atoms with E-state index in [2.05, 4.69) is 17.0 Å². The minimum absolute atomic E-state index is 0.147. The standard InChI is InChI=1S/C23H30N4O4/c1-3-25-11-13-26(14-12-25)22(28)17-7-6-10-27(16-17)23(29)19-15-21(31-24-19)18-8-4-5-9-20(18)30-2/h4-5,8-9,15,17H,3,6-7,10-14,16H2,1-2H3/t17-/m1/s1. The second-order valence-electron chi connectivity index (χ2n) is 8.13. The van der Waals surface area contributed by atoms with E-state index in [0.717, 1.165) is 51.1 Å². The number of methoxy groups -OCH3 is 1. The van der Waals surface area contributed by atoms with E-state index in [1.807, 2.05) is 29.2 Å². The van der Waals surface area contributed by atoms with Crippen LogP contribution in [0, 0.1) is 5.92 Å². The topological polar surface area (TPSA) is 79.1 Å². The summed E-state index contributed by atoms with van der Waals surface area (Å²) in [5.74, 6) is 0.969. The quantitative estimate of drug-likeness (QED) is 0.730. The van der Waals surface area contributed by atoms with Crippen LogP contribution in [0.4, 0.5) is 0 Å². The van der Waals surface area contributed by atoms with Gasteiger partial charge in [-0.3, -0.25) is 9.59 Å². The highest BCUT2D eigenvalue weighted by Crippen LogP contribution is 2.30. The van der Waals surface area contributed by atoms with E-state index in [1.165, 1.54) is 0 Å².